The minimum atomic E-state index is -0.699. The Hall–Kier alpha value is -2.02. The molecule has 30 heavy (non-hydrogen) atoms. The quantitative estimate of drug-likeness (QED) is 0.153. The predicted molar refractivity (Wildman–Crippen MR) is 122 cm³/mol. The molecule has 0 spiro atoms. The minimum absolute atomic E-state index is 0.0280. The van der Waals surface area contributed by atoms with Gasteiger partial charge in [-0.1, -0.05) is 63.2 Å². The molecule has 0 saturated heterocycles. The van der Waals surface area contributed by atoms with Gasteiger partial charge in [0.25, 0.3) is 0 Å². The largest absolute Gasteiger partial charge is 0.481 e. The van der Waals surface area contributed by atoms with E-state index in [4.69, 9.17) is 16.6 Å². The number of amides is 1. The van der Waals surface area contributed by atoms with Gasteiger partial charge in [0.1, 0.15) is 0 Å². The van der Waals surface area contributed by atoms with Gasteiger partial charge in [-0.25, -0.2) is 0 Å². The molecule has 0 atom stereocenters. The van der Waals surface area contributed by atoms with Crippen LogP contribution in [0.3, 0.4) is 0 Å². The Morgan fingerprint density at radius 2 is 1.13 bits per heavy atom. The van der Waals surface area contributed by atoms with Crippen molar-refractivity contribution >= 4 is 11.9 Å². The first-order valence-electron chi connectivity index (χ1n) is 11.5. The lowest BCUT2D eigenvalue weighted by molar-refractivity contribution is -0.137. The van der Waals surface area contributed by atoms with Gasteiger partial charge in [0.05, 0.1) is 6.17 Å². The van der Waals surface area contributed by atoms with E-state index >= 15 is 0 Å². The molecule has 0 aliphatic rings. The highest BCUT2D eigenvalue weighted by atomic mass is 16.4. The van der Waals surface area contributed by atoms with Crippen LogP contribution < -0.4 is 16.8 Å². The van der Waals surface area contributed by atoms with Crippen LogP contribution in [-0.2, 0) is 9.59 Å². The summed E-state index contributed by atoms with van der Waals surface area (Å²) in [5, 5.41) is 11.3. The van der Waals surface area contributed by atoms with E-state index in [1.54, 1.807) is 0 Å². The summed E-state index contributed by atoms with van der Waals surface area (Å²) in [6.07, 6.45) is 15.0. The summed E-state index contributed by atoms with van der Waals surface area (Å²) < 4.78 is 0. The van der Waals surface area contributed by atoms with Crippen LogP contribution in [-0.4, -0.2) is 29.7 Å². The number of carbonyl (C=O) groups excluding carboxylic acids is 1. The third kappa shape index (κ3) is 24.0. The Kier molecular flexibility index (Phi) is 20.2. The maximum absolute atomic E-state index is 11.5. The van der Waals surface area contributed by atoms with Crippen LogP contribution in [0.1, 0.15) is 103 Å². The van der Waals surface area contributed by atoms with Crippen molar-refractivity contribution in [2.24, 2.45) is 11.5 Å². The van der Waals surface area contributed by atoms with Gasteiger partial charge in [0.15, 0.2) is 0 Å². The van der Waals surface area contributed by atoms with Gasteiger partial charge < -0.3 is 21.9 Å². The second-order valence-corrected chi connectivity index (χ2v) is 7.71. The molecule has 0 aromatic rings. The van der Waals surface area contributed by atoms with E-state index in [9.17, 15) is 9.59 Å². The number of hydrogen-bond donors (Lipinski definition) is 4. The fourth-order valence-corrected chi connectivity index (χ4v) is 2.94. The van der Waals surface area contributed by atoms with Crippen molar-refractivity contribution < 1.29 is 14.7 Å². The van der Waals surface area contributed by atoms with Crippen molar-refractivity contribution in [3.8, 4) is 23.7 Å². The van der Waals surface area contributed by atoms with E-state index in [0.717, 1.165) is 77.0 Å². The number of hydrogen-bond acceptors (Lipinski definition) is 4. The molecule has 0 unspecified atom stereocenters. The van der Waals surface area contributed by atoms with E-state index < -0.39 is 12.1 Å². The van der Waals surface area contributed by atoms with Crippen LogP contribution in [0.4, 0.5) is 0 Å². The number of aliphatic carboxylic acids is 1. The van der Waals surface area contributed by atoms with Crippen LogP contribution >= 0.6 is 0 Å². The summed E-state index contributed by atoms with van der Waals surface area (Å²) in [6.45, 7) is 0.335. The molecule has 0 aliphatic carbocycles. The van der Waals surface area contributed by atoms with Gasteiger partial charge in [-0.2, -0.15) is 0 Å². The third-order valence-electron chi connectivity index (χ3n) is 4.67. The van der Waals surface area contributed by atoms with Crippen molar-refractivity contribution in [2.45, 2.75) is 109 Å². The molecule has 0 radical (unpaired) electrons. The smallest absolute Gasteiger partial charge is 0.303 e. The Labute approximate surface area is 182 Å². The van der Waals surface area contributed by atoms with Crippen molar-refractivity contribution in [3.05, 3.63) is 0 Å². The van der Waals surface area contributed by atoms with Crippen LogP contribution in [0, 0.1) is 23.7 Å². The van der Waals surface area contributed by atoms with E-state index in [1.807, 2.05) is 0 Å². The standard InChI is InChI=1S/C24H41N3O3/c25-22(26)21-27-23(28)19-17-15-13-11-9-7-5-3-1-2-4-6-8-10-12-14-16-18-20-24(29)30/h22H,5-21,25-26H2,(H,27,28)(H,29,30). The predicted octanol–water partition coefficient (Wildman–Crippen LogP) is 3.68. The highest BCUT2D eigenvalue weighted by molar-refractivity contribution is 5.75. The Bertz CT molecular complexity index is 568. The lowest BCUT2D eigenvalue weighted by Crippen LogP contribution is -2.43. The van der Waals surface area contributed by atoms with Gasteiger partial charge in [-0.05, 0) is 37.5 Å². The summed E-state index contributed by atoms with van der Waals surface area (Å²) >= 11 is 0. The molecule has 0 aliphatic heterocycles. The van der Waals surface area contributed by atoms with Crippen molar-refractivity contribution in [1.29, 1.82) is 0 Å². The molecular formula is C24H41N3O3. The van der Waals surface area contributed by atoms with E-state index in [0.29, 0.717) is 13.0 Å². The van der Waals surface area contributed by atoms with E-state index in [2.05, 4.69) is 29.0 Å². The molecule has 0 heterocycles. The van der Waals surface area contributed by atoms with Crippen molar-refractivity contribution in [1.82, 2.24) is 5.32 Å². The SMILES string of the molecule is NC(N)CNC(=O)CCCCCCCCC#CC#CCCCCCCCCC(=O)O. The summed E-state index contributed by atoms with van der Waals surface area (Å²) in [7, 11) is 0. The number of rotatable bonds is 18. The van der Waals surface area contributed by atoms with Crippen LogP contribution in [0.5, 0.6) is 0 Å². The Morgan fingerprint density at radius 3 is 1.60 bits per heavy atom. The Morgan fingerprint density at radius 1 is 0.700 bits per heavy atom. The lowest BCUT2D eigenvalue weighted by Gasteiger charge is -2.07. The molecule has 6 heteroatoms. The molecule has 1 amide bonds. The highest BCUT2D eigenvalue weighted by Gasteiger charge is 2.02. The van der Waals surface area contributed by atoms with Crippen LogP contribution in [0.2, 0.25) is 0 Å². The number of nitrogens with two attached hydrogens (primary N) is 2. The van der Waals surface area contributed by atoms with E-state index in [-0.39, 0.29) is 12.3 Å². The number of nitrogens with one attached hydrogen (secondary N) is 1. The van der Waals surface area contributed by atoms with Gasteiger partial charge in [0.2, 0.25) is 5.91 Å². The molecule has 170 valence electrons. The monoisotopic (exact) mass is 419 g/mol. The highest BCUT2D eigenvalue weighted by Crippen LogP contribution is 2.09. The second-order valence-electron chi connectivity index (χ2n) is 7.71. The molecule has 0 aromatic carbocycles. The van der Waals surface area contributed by atoms with Gasteiger partial charge in [0, 0.05) is 32.2 Å². The molecule has 0 rings (SSSR count). The number of unbranched alkanes of at least 4 members (excludes halogenated alkanes) is 12. The summed E-state index contributed by atoms with van der Waals surface area (Å²) in [4.78, 5) is 21.9. The molecule has 0 fully saturated rings. The fraction of sp³-hybridized carbons (Fsp3) is 0.750. The number of carboxylic acid groups (broad SMARTS) is 1. The summed E-state index contributed by atoms with van der Waals surface area (Å²) in [6, 6.07) is 0. The maximum atomic E-state index is 11.5. The first-order chi connectivity index (χ1) is 14.5. The summed E-state index contributed by atoms with van der Waals surface area (Å²) in [5.41, 5.74) is 10.8. The van der Waals surface area contributed by atoms with Gasteiger partial charge in [-0.15, -0.1) is 0 Å². The second kappa shape index (κ2) is 21.7. The zero-order chi connectivity index (χ0) is 22.3. The fourth-order valence-electron chi connectivity index (χ4n) is 2.94. The molecule has 0 saturated carbocycles. The molecule has 0 bridgehead atoms. The van der Waals surface area contributed by atoms with Crippen molar-refractivity contribution in [2.75, 3.05) is 6.54 Å². The molecule has 6 N–H and O–H groups in total. The molecular weight excluding hydrogens is 378 g/mol. The summed E-state index contributed by atoms with van der Waals surface area (Å²) in [5.74, 6) is 11.4. The average Bonchev–Trinajstić information content (AvgIpc) is 2.70. The normalized spacial score (nSPS) is 10.1. The minimum Gasteiger partial charge on any atom is -0.481 e. The average molecular weight is 420 g/mol. The maximum Gasteiger partial charge on any atom is 0.303 e. The van der Waals surface area contributed by atoms with Crippen molar-refractivity contribution in [3.63, 3.8) is 0 Å². The molecule has 6 nitrogen and oxygen atoms in total. The Balaban J connectivity index is 3.34. The zero-order valence-electron chi connectivity index (χ0n) is 18.5. The van der Waals surface area contributed by atoms with Gasteiger partial charge in [-0.3, -0.25) is 9.59 Å². The van der Waals surface area contributed by atoms with Crippen LogP contribution in [0.25, 0.3) is 0 Å². The van der Waals surface area contributed by atoms with E-state index in [1.165, 1.54) is 12.8 Å². The van der Waals surface area contributed by atoms with Gasteiger partial charge >= 0.3 is 5.97 Å². The molecule has 0 aromatic heterocycles. The third-order valence-corrected chi connectivity index (χ3v) is 4.67. The first-order valence-corrected chi connectivity index (χ1v) is 11.5. The van der Waals surface area contributed by atoms with Crippen LogP contribution in [0.15, 0.2) is 0 Å². The number of carbonyl (C=O) groups is 2. The number of carboxylic acids is 1. The topological polar surface area (TPSA) is 118 Å². The zero-order valence-corrected chi connectivity index (χ0v) is 18.5. The lowest BCUT2D eigenvalue weighted by atomic mass is 10.1. The first kappa shape index (κ1) is 28.0.